The van der Waals surface area contributed by atoms with E-state index < -0.39 is 23.4 Å². The van der Waals surface area contributed by atoms with E-state index in [1.807, 2.05) is 39.0 Å². The standard InChI is InChI=1S/C29H45NO7/c1-18(9-13-26-27(33)29(17-34-29)15-28(7,16-31)37-26)8-12-25-19(2)14-24(22(5)36-25)30-20(3)10-11-21(4)35-23(6)32/h8-11,13,19,21-22,24-27,30-31,33H,3,12,14-17H2,1-2,4-7H3/b11-10-,13-9+,18-8+/t19-,21+,22+,24?,25-,26+,27+,28+,29+/m0/s1. The van der Waals surface area contributed by atoms with E-state index in [0.29, 0.717) is 18.9 Å². The molecule has 3 rings (SSSR count). The van der Waals surface area contributed by atoms with Crippen LogP contribution in [0.5, 0.6) is 0 Å². The fourth-order valence-electron chi connectivity index (χ4n) is 5.24. The van der Waals surface area contributed by atoms with Gasteiger partial charge >= 0.3 is 5.97 Å². The molecule has 0 amide bonds. The second-order valence-electron chi connectivity index (χ2n) is 11.3. The van der Waals surface area contributed by atoms with Crippen LogP contribution >= 0.6 is 0 Å². The number of ether oxygens (including phenoxy) is 4. The van der Waals surface area contributed by atoms with E-state index in [4.69, 9.17) is 18.9 Å². The van der Waals surface area contributed by atoms with Gasteiger partial charge in [-0.25, -0.2) is 0 Å². The number of hydrogen-bond acceptors (Lipinski definition) is 8. The van der Waals surface area contributed by atoms with E-state index in [1.165, 1.54) is 6.92 Å². The van der Waals surface area contributed by atoms with Crippen LogP contribution in [0.2, 0.25) is 0 Å². The third-order valence-electron chi connectivity index (χ3n) is 7.52. The Labute approximate surface area is 221 Å². The fraction of sp³-hybridized carbons (Fsp3) is 0.690. The summed E-state index contributed by atoms with van der Waals surface area (Å²) in [6.07, 6.45) is 10.3. The summed E-state index contributed by atoms with van der Waals surface area (Å²) in [7, 11) is 0. The molecule has 3 aliphatic rings. The third kappa shape index (κ3) is 8.01. The fourth-order valence-corrected chi connectivity index (χ4v) is 5.24. The second kappa shape index (κ2) is 12.3. The van der Waals surface area contributed by atoms with E-state index in [1.54, 1.807) is 6.08 Å². The molecule has 3 N–H and O–H groups in total. The predicted molar refractivity (Wildman–Crippen MR) is 142 cm³/mol. The minimum atomic E-state index is -0.752. The van der Waals surface area contributed by atoms with Gasteiger partial charge in [-0.2, -0.15) is 0 Å². The Morgan fingerprint density at radius 2 is 2.00 bits per heavy atom. The first-order valence-electron chi connectivity index (χ1n) is 13.3. The van der Waals surface area contributed by atoms with Gasteiger partial charge in [-0.15, -0.1) is 0 Å². The van der Waals surface area contributed by atoms with Crippen LogP contribution < -0.4 is 5.32 Å². The van der Waals surface area contributed by atoms with Crippen molar-refractivity contribution < 1.29 is 34.0 Å². The summed E-state index contributed by atoms with van der Waals surface area (Å²) in [5, 5.41) is 23.9. The molecule has 0 bridgehead atoms. The van der Waals surface area contributed by atoms with Crippen molar-refractivity contribution in [2.75, 3.05) is 13.2 Å². The number of carbonyl (C=O) groups is 1. The number of nitrogens with one attached hydrogen (secondary N) is 1. The van der Waals surface area contributed by atoms with Gasteiger partial charge in [0.05, 0.1) is 37.1 Å². The maximum absolute atomic E-state index is 11.1. The number of carbonyl (C=O) groups excluding carboxylic acids is 1. The summed E-state index contributed by atoms with van der Waals surface area (Å²) in [5.74, 6) is 0.0367. The minimum absolute atomic E-state index is 0.0122. The molecule has 0 aliphatic carbocycles. The number of rotatable bonds is 10. The van der Waals surface area contributed by atoms with Gasteiger partial charge in [0.1, 0.15) is 23.9 Å². The van der Waals surface area contributed by atoms with Gasteiger partial charge < -0.3 is 34.5 Å². The smallest absolute Gasteiger partial charge is 0.303 e. The molecule has 3 saturated heterocycles. The molecule has 3 heterocycles. The maximum atomic E-state index is 11.1. The number of esters is 1. The molecule has 0 aromatic carbocycles. The van der Waals surface area contributed by atoms with E-state index in [2.05, 4.69) is 31.8 Å². The van der Waals surface area contributed by atoms with Gasteiger partial charge in [0.15, 0.2) is 0 Å². The van der Waals surface area contributed by atoms with Gasteiger partial charge in [0.2, 0.25) is 0 Å². The van der Waals surface area contributed by atoms with E-state index in [9.17, 15) is 15.0 Å². The van der Waals surface area contributed by atoms with E-state index >= 15 is 0 Å². The van der Waals surface area contributed by atoms with Gasteiger partial charge in [0, 0.05) is 19.0 Å². The zero-order valence-corrected chi connectivity index (χ0v) is 23.1. The molecule has 8 nitrogen and oxygen atoms in total. The molecule has 3 aliphatic heterocycles. The molecule has 0 aromatic heterocycles. The van der Waals surface area contributed by atoms with Crippen molar-refractivity contribution in [2.45, 2.75) is 109 Å². The second-order valence-corrected chi connectivity index (χ2v) is 11.3. The van der Waals surface area contributed by atoms with E-state index in [0.717, 1.165) is 24.1 Å². The molecule has 3 fully saturated rings. The van der Waals surface area contributed by atoms with Gasteiger partial charge in [0.25, 0.3) is 0 Å². The Hall–Kier alpha value is -1.97. The quantitative estimate of drug-likeness (QED) is 0.229. The van der Waals surface area contributed by atoms with Gasteiger partial charge in [-0.3, -0.25) is 4.79 Å². The highest BCUT2D eigenvalue weighted by Gasteiger charge is 2.61. The highest BCUT2D eigenvalue weighted by molar-refractivity contribution is 5.66. The van der Waals surface area contributed by atoms with Crippen LogP contribution in [-0.4, -0.2) is 77.2 Å². The zero-order valence-electron chi connectivity index (χ0n) is 23.1. The molecule has 9 atom stereocenters. The summed E-state index contributed by atoms with van der Waals surface area (Å²) in [5.41, 5.74) is 0.488. The van der Waals surface area contributed by atoms with Crippen molar-refractivity contribution in [1.29, 1.82) is 0 Å². The Morgan fingerprint density at radius 3 is 2.62 bits per heavy atom. The molecule has 37 heavy (non-hydrogen) atoms. The van der Waals surface area contributed by atoms with Gasteiger partial charge in [-0.05, 0) is 58.6 Å². The number of aliphatic hydroxyl groups excluding tert-OH is 2. The molecule has 208 valence electrons. The van der Waals surface area contributed by atoms with Crippen LogP contribution in [0.4, 0.5) is 0 Å². The van der Waals surface area contributed by atoms with Gasteiger partial charge in [-0.1, -0.05) is 37.3 Å². The topological polar surface area (TPSA) is 110 Å². The summed E-state index contributed by atoms with van der Waals surface area (Å²) >= 11 is 0. The van der Waals surface area contributed by atoms with Crippen molar-refractivity contribution in [3.8, 4) is 0 Å². The summed E-state index contributed by atoms with van der Waals surface area (Å²) in [6.45, 7) is 15.8. The number of hydrogen-bond donors (Lipinski definition) is 3. The Balaban J connectivity index is 1.50. The van der Waals surface area contributed by atoms with Crippen molar-refractivity contribution in [3.05, 3.63) is 48.2 Å². The summed E-state index contributed by atoms with van der Waals surface area (Å²) in [6, 6.07) is 0.139. The lowest BCUT2D eigenvalue weighted by atomic mass is 9.82. The molecule has 0 radical (unpaired) electrons. The highest BCUT2D eigenvalue weighted by atomic mass is 16.6. The lowest BCUT2D eigenvalue weighted by Gasteiger charge is -2.42. The first-order chi connectivity index (χ1) is 17.4. The molecular formula is C29H45NO7. The molecule has 0 saturated carbocycles. The Morgan fingerprint density at radius 1 is 1.30 bits per heavy atom. The molecule has 1 spiro atoms. The average Bonchev–Trinajstić information content (AvgIpc) is 3.59. The van der Waals surface area contributed by atoms with Crippen LogP contribution in [0.25, 0.3) is 0 Å². The Kier molecular flexibility index (Phi) is 9.80. The first kappa shape index (κ1) is 29.6. The number of aliphatic hydroxyl groups is 2. The predicted octanol–water partition coefficient (Wildman–Crippen LogP) is 3.34. The van der Waals surface area contributed by atoms with Crippen molar-refractivity contribution in [3.63, 3.8) is 0 Å². The van der Waals surface area contributed by atoms with Crippen molar-refractivity contribution in [2.24, 2.45) is 5.92 Å². The average molecular weight is 520 g/mol. The molecule has 8 heteroatoms. The molecule has 1 unspecified atom stereocenters. The first-order valence-corrected chi connectivity index (χ1v) is 13.3. The normalized spacial score (nSPS) is 39.2. The largest absolute Gasteiger partial charge is 0.459 e. The zero-order chi connectivity index (χ0) is 27.4. The lowest BCUT2D eigenvalue weighted by Crippen LogP contribution is -2.56. The van der Waals surface area contributed by atoms with Crippen LogP contribution in [0, 0.1) is 5.92 Å². The highest BCUT2D eigenvalue weighted by Crippen LogP contribution is 2.46. The van der Waals surface area contributed by atoms with Crippen LogP contribution in [0.1, 0.15) is 60.8 Å². The maximum Gasteiger partial charge on any atom is 0.303 e. The monoisotopic (exact) mass is 519 g/mol. The van der Waals surface area contributed by atoms with E-state index in [-0.39, 0.29) is 36.9 Å². The Bertz CT molecular complexity index is 908. The summed E-state index contributed by atoms with van der Waals surface area (Å²) < 4.78 is 23.0. The van der Waals surface area contributed by atoms with Crippen LogP contribution in [0.3, 0.4) is 0 Å². The van der Waals surface area contributed by atoms with Crippen molar-refractivity contribution in [1.82, 2.24) is 5.32 Å². The summed E-state index contributed by atoms with van der Waals surface area (Å²) in [4.78, 5) is 11.1. The lowest BCUT2D eigenvalue weighted by molar-refractivity contribution is -0.192. The van der Waals surface area contributed by atoms with Crippen LogP contribution in [-0.2, 0) is 23.7 Å². The third-order valence-corrected chi connectivity index (χ3v) is 7.52. The minimum Gasteiger partial charge on any atom is -0.459 e. The number of allylic oxidation sites excluding steroid dienone is 3. The van der Waals surface area contributed by atoms with Crippen molar-refractivity contribution >= 4 is 5.97 Å². The SMILES string of the molecule is C=C(/C=C\[C@@H](C)OC(C)=O)NC1C[C@H](C)[C@H](C/C=C(C)/C=C/[C@H]2O[C@@](C)(CO)C[C@@]3(CO3)[C@@H]2O)O[C@@H]1C. The number of epoxide rings is 1. The van der Waals surface area contributed by atoms with Crippen LogP contribution in [0.15, 0.2) is 48.2 Å². The molecule has 0 aromatic rings. The molecular weight excluding hydrogens is 474 g/mol.